The summed E-state index contributed by atoms with van der Waals surface area (Å²) in [5.41, 5.74) is 5.17. The fourth-order valence-electron chi connectivity index (χ4n) is 7.10. The molecule has 3 N–H and O–H groups in total. The highest BCUT2D eigenvalue weighted by Gasteiger charge is 2.40. The van der Waals surface area contributed by atoms with E-state index in [1.54, 1.807) is 6.08 Å². The summed E-state index contributed by atoms with van der Waals surface area (Å²) < 4.78 is 0. The van der Waals surface area contributed by atoms with Crippen LogP contribution in [0.4, 0.5) is 11.4 Å². The zero-order valence-electron chi connectivity index (χ0n) is 35.1. The maximum absolute atomic E-state index is 13.9. The number of benzene rings is 2. The third-order valence-corrected chi connectivity index (χ3v) is 9.83. The van der Waals surface area contributed by atoms with Gasteiger partial charge in [-0.1, -0.05) is 149 Å². The lowest BCUT2D eigenvalue weighted by atomic mass is 9.83. The van der Waals surface area contributed by atoms with E-state index in [-0.39, 0.29) is 11.7 Å². The molecule has 2 aromatic rings. The molecule has 0 saturated carbocycles. The lowest BCUT2D eigenvalue weighted by molar-refractivity contribution is -0.121. The van der Waals surface area contributed by atoms with Crippen LogP contribution in [0, 0.1) is 5.92 Å². The van der Waals surface area contributed by atoms with E-state index >= 15 is 0 Å². The number of unbranched alkanes of at least 4 members (excludes halogenated alkanes) is 5. The minimum absolute atomic E-state index is 0.0182. The lowest BCUT2D eigenvalue weighted by Gasteiger charge is -2.34. The van der Waals surface area contributed by atoms with E-state index in [9.17, 15) is 9.90 Å². The molecule has 0 radical (unpaired) electrons. The second-order valence-electron chi connectivity index (χ2n) is 14.3. The quantitative estimate of drug-likeness (QED) is 0.0519. The maximum Gasteiger partial charge on any atom is 0.249 e. The standard InChI is InChI=1S/C41H57N3O2.C5H12.C2H6/c1-9-13-15-16-27-44-38-29-34(24-25-36(38)37(19-12-4)39(44)30(5)18-11-3)32(7)43-41(8,26-14-10-2)40(46)42-35-21-17-20-33(28-35)23-22-31(6)45;1-3-5-4-2;1-2/h9,11,17-18,20-25,28-30,37,39,43,45H,1,6-7,10,12-16,19,26-27H2,2-5,8H3,(H,42,46);3-5H2,1-2H3;1-2H3/b18-11-,23-22+;;. The molecule has 3 rings (SSSR count). The Kier molecular flexibility index (Phi) is 23.0. The van der Waals surface area contributed by atoms with Gasteiger partial charge in [-0.3, -0.25) is 4.79 Å². The summed E-state index contributed by atoms with van der Waals surface area (Å²) in [6, 6.07) is 14.7. The molecule has 1 aliphatic rings. The van der Waals surface area contributed by atoms with E-state index < -0.39 is 5.54 Å². The normalized spacial score (nSPS) is 16.4. The van der Waals surface area contributed by atoms with Crippen LogP contribution in [-0.4, -0.2) is 29.1 Å². The molecule has 5 nitrogen and oxygen atoms in total. The molecule has 2 aromatic carbocycles. The topological polar surface area (TPSA) is 64.6 Å². The van der Waals surface area contributed by atoms with Crippen molar-refractivity contribution in [2.75, 3.05) is 16.8 Å². The Morgan fingerprint density at radius 2 is 1.68 bits per heavy atom. The highest BCUT2D eigenvalue weighted by molar-refractivity contribution is 5.99. The van der Waals surface area contributed by atoms with Crippen LogP contribution in [0.15, 0.2) is 92.3 Å². The van der Waals surface area contributed by atoms with Crippen LogP contribution in [0.25, 0.3) is 11.8 Å². The third kappa shape index (κ3) is 15.1. The number of hydrogen-bond acceptors (Lipinski definition) is 4. The van der Waals surface area contributed by atoms with Gasteiger partial charge in [0.2, 0.25) is 5.91 Å². The van der Waals surface area contributed by atoms with Crippen LogP contribution in [0.3, 0.4) is 0 Å². The summed E-state index contributed by atoms with van der Waals surface area (Å²) in [7, 11) is 0. The number of carbonyl (C=O) groups is 1. The summed E-state index contributed by atoms with van der Waals surface area (Å²) in [6.07, 6.45) is 22.1. The van der Waals surface area contributed by atoms with Crippen LogP contribution >= 0.6 is 0 Å². The smallest absolute Gasteiger partial charge is 0.249 e. The van der Waals surface area contributed by atoms with Gasteiger partial charge < -0.3 is 20.6 Å². The van der Waals surface area contributed by atoms with E-state index in [1.807, 2.05) is 51.1 Å². The van der Waals surface area contributed by atoms with Gasteiger partial charge in [-0.25, -0.2) is 0 Å². The number of fused-ring (bicyclic) bond motifs is 1. The number of nitrogens with zero attached hydrogens (tertiary/aromatic N) is 1. The van der Waals surface area contributed by atoms with Crippen molar-refractivity contribution in [2.24, 2.45) is 5.92 Å². The first-order valence-corrected chi connectivity index (χ1v) is 20.6. The number of aliphatic hydroxyl groups is 1. The first-order chi connectivity index (χ1) is 25.5. The minimum Gasteiger partial charge on any atom is -0.509 e. The molecule has 1 amide bonds. The first-order valence-electron chi connectivity index (χ1n) is 20.6. The molecule has 0 spiro atoms. The number of hydrogen-bond donors (Lipinski definition) is 3. The van der Waals surface area contributed by atoms with E-state index in [0.717, 1.165) is 68.3 Å². The SMILES string of the molecule is C=CCCCCN1c2cc(C(=C)NC(C)(CCCC)C(=O)Nc3cccc(/C=C/C(=C)O)c3)ccc2C(CCC)C1C(C)/C=C\C.CC.CCCCC. The maximum atomic E-state index is 13.9. The third-order valence-electron chi connectivity index (χ3n) is 9.83. The lowest BCUT2D eigenvalue weighted by Crippen LogP contribution is -2.51. The van der Waals surface area contributed by atoms with E-state index in [4.69, 9.17) is 0 Å². The number of anilines is 2. The van der Waals surface area contributed by atoms with E-state index in [1.165, 1.54) is 36.6 Å². The van der Waals surface area contributed by atoms with Crippen molar-refractivity contribution in [1.29, 1.82) is 0 Å². The highest BCUT2D eigenvalue weighted by Crippen LogP contribution is 2.47. The van der Waals surface area contributed by atoms with Crippen LogP contribution in [0.5, 0.6) is 0 Å². The van der Waals surface area contributed by atoms with Crippen LogP contribution < -0.4 is 15.5 Å². The Labute approximate surface area is 325 Å². The number of rotatable bonds is 21. The molecule has 53 heavy (non-hydrogen) atoms. The Bertz CT molecular complexity index is 1450. The summed E-state index contributed by atoms with van der Waals surface area (Å²) in [6.45, 7) is 32.2. The number of allylic oxidation sites excluding steroid dienone is 3. The predicted molar refractivity (Wildman–Crippen MR) is 236 cm³/mol. The molecule has 0 aromatic heterocycles. The minimum atomic E-state index is -0.866. The Morgan fingerprint density at radius 3 is 2.26 bits per heavy atom. The van der Waals surface area contributed by atoms with Crippen molar-refractivity contribution in [2.45, 2.75) is 150 Å². The zero-order valence-corrected chi connectivity index (χ0v) is 35.1. The average molecular weight is 726 g/mol. The molecule has 294 valence electrons. The van der Waals surface area contributed by atoms with Crippen molar-refractivity contribution in [3.8, 4) is 0 Å². The van der Waals surface area contributed by atoms with Crippen molar-refractivity contribution in [1.82, 2.24) is 5.32 Å². The van der Waals surface area contributed by atoms with Gasteiger partial charge in [0.05, 0.1) is 0 Å². The average Bonchev–Trinajstić information content (AvgIpc) is 3.45. The number of amides is 1. The molecule has 4 unspecified atom stereocenters. The second-order valence-corrected chi connectivity index (χ2v) is 14.3. The molecular weight excluding hydrogens is 651 g/mol. The van der Waals surface area contributed by atoms with Gasteiger partial charge in [-0.2, -0.15) is 0 Å². The molecule has 0 saturated heterocycles. The summed E-state index contributed by atoms with van der Waals surface area (Å²) >= 11 is 0. The molecular formula is C48H75N3O2. The molecule has 1 aliphatic heterocycles. The Hall–Kier alpha value is -3.99. The second kappa shape index (κ2) is 25.9. The summed E-state index contributed by atoms with van der Waals surface area (Å²) in [5.74, 6) is 0.775. The zero-order chi connectivity index (χ0) is 39.8. The van der Waals surface area contributed by atoms with Gasteiger partial charge in [0.1, 0.15) is 11.3 Å². The van der Waals surface area contributed by atoms with Gasteiger partial charge in [0.15, 0.2) is 0 Å². The number of aliphatic hydroxyl groups excluding tert-OH is 1. The molecule has 5 heteroatoms. The Morgan fingerprint density at radius 1 is 0.981 bits per heavy atom. The summed E-state index contributed by atoms with van der Waals surface area (Å²) in [5, 5.41) is 16.1. The van der Waals surface area contributed by atoms with Gasteiger partial charge >= 0.3 is 0 Å². The van der Waals surface area contributed by atoms with E-state index in [2.05, 4.69) is 107 Å². The number of carbonyl (C=O) groups excluding carboxylic acids is 1. The van der Waals surface area contributed by atoms with Gasteiger partial charge in [-0.05, 0) is 92.8 Å². The van der Waals surface area contributed by atoms with Crippen molar-refractivity contribution >= 4 is 29.1 Å². The Balaban J connectivity index is 0.00000184. The molecule has 1 heterocycles. The van der Waals surface area contributed by atoms with Crippen molar-refractivity contribution in [3.05, 3.63) is 109 Å². The van der Waals surface area contributed by atoms with Gasteiger partial charge in [0, 0.05) is 35.6 Å². The first kappa shape index (κ1) is 47.0. The van der Waals surface area contributed by atoms with Gasteiger partial charge in [-0.15, -0.1) is 6.58 Å². The van der Waals surface area contributed by atoms with Crippen LogP contribution in [-0.2, 0) is 4.79 Å². The largest absolute Gasteiger partial charge is 0.509 e. The van der Waals surface area contributed by atoms with Gasteiger partial charge in [0.25, 0.3) is 0 Å². The van der Waals surface area contributed by atoms with Crippen molar-refractivity contribution in [3.63, 3.8) is 0 Å². The summed E-state index contributed by atoms with van der Waals surface area (Å²) in [4.78, 5) is 16.5. The molecule has 4 atom stereocenters. The monoisotopic (exact) mass is 726 g/mol. The fraction of sp³-hybridized carbons (Fsp3) is 0.521. The van der Waals surface area contributed by atoms with Crippen molar-refractivity contribution < 1.29 is 9.90 Å². The highest BCUT2D eigenvalue weighted by atomic mass is 16.3. The van der Waals surface area contributed by atoms with E-state index in [0.29, 0.717) is 30.0 Å². The molecule has 0 aliphatic carbocycles. The van der Waals surface area contributed by atoms with Crippen LogP contribution in [0.2, 0.25) is 0 Å². The molecule has 0 bridgehead atoms. The fourth-order valence-corrected chi connectivity index (χ4v) is 7.10. The van der Waals surface area contributed by atoms with Crippen LogP contribution in [0.1, 0.15) is 156 Å². The molecule has 0 fully saturated rings. The predicted octanol–water partition coefficient (Wildman–Crippen LogP) is 13.8. The number of nitrogens with one attached hydrogen (secondary N) is 2.